The Balaban J connectivity index is 0.000000665. The zero-order valence-corrected chi connectivity index (χ0v) is 27.4. The summed E-state index contributed by atoms with van der Waals surface area (Å²) < 4.78 is 305. The van der Waals surface area contributed by atoms with Gasteiger partial charge in [0.2, 0.25) is 0 Å². The molecule has 0 aliphatic rings. The maximum absolute atomic E-state index is 15.4. The molecule has 0 aliphatic carbocycles. The summed E-state index contributed by atoms with van der Waals surface area (Å²) in [6.07, 6.45) is -2.63. The lowest BCUT2D eigenvalue weighted by molar-refractivity contribution is 0.378. The average Bonchev–Trinajstić information content (AvgIpc) is 3.14. The molecule has 298 valence electrons. The van der Waals surface area contributed by atoms with Gasteiger partial charge in [0.25, 0.3) is 0 Å². The third-order valence-corrected chi connectivity index (χ3v) is 8.61. The SMILES string of the molecule is C[S+](C)(=O)CC=C(C#N)C#N.Fc1c(F)c(F)c([B-](c2c(F)c(F)c(F)c(F)c2F)(c2c(F)c(F)c(F)c(F)c2F)c2c(F)c(F)c(F)c(F)c2F)c(F)c1F. The van der Waals surface area contributed by atoms with Gasteiger partial charge in [-0.25, -0.2) is 87.8 Å². The number of nitriles is 2. The molecule has 4 rings (SSSR count). The Morgan fingerprint density at radius 1 is 0.411 bits per heavy atom. The minimum absolute atomic E-state index is 0.0291. The highest BCUT2D eigenvalue weighted by Crippen LogP contribution is 2.30. The van der Waals surface area contributed by atoms with Gasteiger partial charge in [0.1, 0.15) is 88.7 Å². The highest BCUT2D eigenvalue weighted by Gasteiger charge is 2.52. The quantitative estimate of drug-likeness (QED) is 0.0552. The van der Waals surface area contributed by atoms with E-state index in [1.54, 1.807) is 24.6 Å². The standard InChI is InChI=1S/C24BF20.C7H9N2OS/c26-5-1(6(27)14(35)21(42)13(5)34)25(2-7(28)15(36)22(43)16(37)8(2)29,3-9(30)17(38)23(44)18(39)10(3)31)4-11(32)19(40)24(45)20(41)12(4)33;1-11(2,10)4-3-7(5-8)6-9/h;3H,4H2,1-2H3/q-1;+1. The van der Waals surface area contributed by atoms with E-state index >= 15 is 35.1 Å². The number of nitrogens with zero attached hydrogens (tertiary/aromatic N) is 2. The molecule has 0 fully saturated rings. The Labute approximate surface area is 299 Å². The molecule has 0 N–H and O–H groups in total. The first-order valence-corrected chi connectivity index (χ1v) is 16.4. The van der Waals surface area contributed by atoms with E-state index < -0.39 is 154 Å². The predicted octanol–water partition coefficient (Wildman–Crippen LogP) is 6.57. The van der Waals surface area contributed by atoms with Gasteiger partial charge in [-0.3, -0.25) is 0 Å². The van der Waals surface area contributed by atoms with Crippen LogP contribution in [-0.2, 0) is 14.1 Å². The zero-order valence-electron chi connectivity index (χ0n) is 26.6. The van der Waals surface area contributed by atoms with E-state index in [0.29, 0.717) is 5.75 Å². The summed E-state index contributed by atoms with van der Waals surface area (Å²) in [5, 5.41) is 16.6. The smallest absolute Gasteiger partial charge is 0.200 e. The first-order valence-electron chi connectivity index (χ1n) is 13.9. The number of halogens is 20. The van der Waals surface area contributed by atoms with Crippen molar-refractivity contribution >= 4 is 37.9 Å². The van der Waals surface area contributed by atoms with Gasteiger partial charge in [-0.1, -0.05) is 0 Å². The van der Waals surface area contributed by atoms with Gasteiger partial charge in [0.05, 0.1) is 9.93 Å². The van der Waals surface area contributed by atoms with E-state index in [1.165, 1.54) is 6.08 Å². The molecule has 0 aliphatic heterocycles. The second-order valence-corrected chi connectivity index (χ2v) is 14.5. The summed E-state index contributed by atoms with van der Waals surface area (Å²) in [5.41, 5.74) is -14.3. The molecule has 0 bridgehead atoms. The van der Waals surface area contributed by atoms with Crippen LogP contribution in [0, 0.1) is 139 Å². The molecule has 25 heteroatoms. The summed E-state index contributed by atoms with van der Waals surface area (Å²) in [7, 11) is -1.87. The van der Waals surface area contributed by atoms with Crippen LogP contribution < -0.4 is 21.9 Å². The van der Waals surface area contributed by atoms with E-state index in [1.807, 2.05) is 0 Å². The number of rotatable bonds is 6. The van der Waals surface area contributed by atoms with Crippen LogP contribution in [0.15, 0.2) is 11.6 Å². The molecule has 56 heavy (non-hydrogen) atoms. The molecule has 0 unspecified atom stereocenters. The molecule has 4 aromatic rings. The van der Waals surface area contributed by atoms with E-state index in [9.17, 15) is 56.9 Å². The summed E-state index contributed by atoms with van der Waals surface area (Å²) in [5.74, 6) is -71.1. The highest BCUT2D eigenvalue weighted by molar-refractivity contribution is 8.01. The second-order valence-electron chi connectivity index (χ2n) is 11.2. The fraction of sp³-hybridized carbons (Fsp3) is 0.0968. The van der Waals surface area contributed by atoms with E-state index in [-0.39, 0.29) is 5.57 Å². The minimum Gasteiger partial charge on any atom is -0.207 e. The van der Waals surface area contributed by atoms with E-state index in [2.05, 4.69) is 0 Å². The van der Waals surface area contributed by atoms with Gasteiger partial charge in [0.15, 0.2) is 69.8 Å². The summed E-state index contributed by atoms with van der Waals surface area (Å²) in [4.78, 5) is 0. The van der Waals surface area contributed by atoms with Gasteiger partial charge < -0.3 is 0 Å². The lowest BCUT2D eigenvalue weighted by atomic mass is 9.12. The van der Waals surface area contributed by atoms with Crippen molar-refractivity contribution in [3.8, 4) is 12.1 Å². The Morgan fingerprint density at radius 3 is 0.714 bits per heavy atom. The van der Waals surface area contributed by atoms with Crippen LogP contribution in [0.2, 0.25) is 0 Å². The first-order chi connectivity index (χ1) is 25.7. The minimum atomic E-state index is -7.22. The van der Waals surface area contributed by atoms with Crippen LogP contribution in [0.3, 0.4) is 0 Å². The van der Waals surface area contributed by atoms with Gasteiger partial charge in [-0.15, -0.1) is 26.1 Å². The van der Waals surface area contributed by atoms with Crippen LogP contribution in [0.5, 0.6) is 0 Å². The molecule has 0 spiro atoms. The fourth-order valence-electron chi connectivity index (χ4n) is 5.27. The molecule has 0 heterocycles. The molecule has 0 radical (unpaired) electrons. The van der Waals surface area contributed by atoms with Gasteiger partial charge >= 0.3 is 0 Å². The van der Waals surface area contributed by atoms with Crippen LogP contribution in [-0.4, -0.2) is 24.4 Å². The molecule has 0 saturated carbocycles. The molecule has 0 aromatic heterocycles. The zero-order chi connectivity index (χ0) is 43.3. The summed E-state index contributed by atoms with van der Waals surface area (Å²) in [6, 6.07) is 3.40. The van der Waals surface area contributed by atoms with Gasteiger partial charge in [-0.05, 0) is 6.08 Å². The van der Waals surface area contributed by atoms with Crippen molar-refractivity contribution in [2.45, 2.75) is 0 Å². The van der Waals surface area contributed by atoms with Gasteiger partial charge in [-0.2, -0.15) is 10.5 Å². The van der Waals surface area contributed by atoms with Crippen LogP contribution in [0.25, 0.3) is 0 Å². The van der Waals surface area contributed by atoms with Crippen molar-refractivity contribution in [2.24, 2.45) is 0 Å². The molecule has 0 atom stereocenters. The topological polar surface area (TPSA) is 64.7 Å². The molecular weight excluding hydrogens is 839 g/mol. The normalized spacial score (nSPS) is 11.5. The number of hydrogen-bond acceptors (Lipinski definition) is 3. The van der Waals surface area contributed by atoms with Crippen molar-refractivity contribution in [3.05, 3.63) is 128 Å². The number of benzene rings is 4. The Bertz CT molecular complexity index is 2090. The molecule has 4 aromatic carbocycles. The first kappa shape index (κ1) is 44.8. The fourth-order valence-corrected chi connectivity index (χ4v) is 5.84. The van der Waals surface area contributed by atoms with Crippen molar-refractivity contribution < 1.29 is 92.0 Å². The van der Waals surface area contributed by atoms with Crippen LogP contribution >= 0.6 is 0 Å². The van der Waals surface area contributed by atoms with E-state index in [4.69, 9.17) is 10.5 Å². The molecule has 0 saturated heterocycles. The third-order valence-electron chi connectivity index (χ3n) is 7.64. The summed E-state index contributed by atoms with van der Waals surface area (Å²) in [6.45, 7) is 0. The Hall–Kier alpha value is -5.59. The Kier molecular flexibility index (Phi) is 12.7. The average molecular weight is 848 g/mol. The molecular formula is C31H9BF20N2OS. The largest absolute Gasteiger partial charge is 0.207 e. The van der Waals surface area contributed by atoms with Crippen LogP contribution in [0.1, 0.15) is 0 Å². The molecule has 3 nitrogen and oxygen atoms in total. The lowest BCUT2D eigenvalue weighted by Crippen LogP contribution is -2.81. The predicted molar refractivity (Wildman–Crippen MR) is 153 cm³/mol. The van der Waals surface area contributed by atoms with Crippen molar-refractivity contribution in [2.75, 3.05) is 18.3 Å². The molecule has 0 amide bonds. The number of allylic oxidation sites excluding steroid dienone is 1. The Morgan fingerprint density at radius 2 is 0.571 bits per heavy atom. The monoisotopic (exact) mass is 848 g/mol. The van der Waals surface area contributed by atoms with E-state index in [0.717, 1.165) is 0 Å². The second kappa shape index (κ2) is 15.9. The van der Waals surface area contributed by atoms with Crippen LogP contribution in [0.4, 0.5) is 87.8 Å². The third kappa shape index (κ3) is 7.03. The summed E-state index contributed by atoms with van der Waals surface area (Å²) >= 11 is 0. The van der Waals surface area contributed by atoms with Gasteiger partial charge in [0, 0.05) is 0 Å². The van der Waals surface area contributed by atoms with Crippen molar-refractivity contribution in [3.63, 3.8) is 0 Å². The van der Waals surface area contributed by atoms with Crippen molar-refractivity contribution in [1.29, 1.82) is 10.5 Å². The van der Waals surface area contributed by atoms with Crippen molar-refractivity contribution in [1.82, 2.24) is 0 Å². The number of hydrogen-bond donors (Lipinski definition) is 0. The maximum atomic E-state index is 15.4. The lowest BCUT2D eigenvalue weighted by Gasteiger charge is -2.44. The highest BCUT2D eigenvalue weighted by atomic mass is 32.2. The maximum Gasteiger partial charge on any atom is 0.200 e.